The molecule has 184 valence electrons. The van der Waals surface area contributed by atoms with Crippen molar-refractivity contribution in [2.24, 2.45) is 0 Å². The fourth-order valence-electron chi connectivity index (χ4n) is 4.44. The van der Waals surface area contributed by atoms with Crippen molar-refractivity contribution in [1.29, 1.82) is 0 Å². The Morgan fingerprint density at radius 3 is 2.14 bits per heavy atom. The molecule has 2 heterocycles. The van der Waals surface area contributed by atoms with Crippen LogP contribution < -0.4 is 4.74 Å². The summed E-state index contributed by atoms with van der Waals surface area (Å²) in [5.74, 6) is 0.910. The van der Waals surface area contributed by atoms with Gasteiger partial charge in [0.2, 0.25) is 0 Å². The number of benzene rings is 2. The second kappa shape index (κ2) is 10.7. The van der Waals surface area contributed by atoms with Gasteiger partial charge in [-0.15, -0.1) is 0 Å². The second-order valence-corrected chi connectivity index (χ2v) is 8.78. The van der Waals surface area contributed by atoms with Crippen molar-refractivity contribution in [2.45, 2.75) is 33.9 Å². The van der Waals surface area contributed by atoms with E-state index in [1.165, 1.54) is 5.56 Å². The minimum Gasteiger partial charge on any atom is -0.494 e. The van der Waals surface area contributed by atoms with Crippen LogP contribution >= 0.6 is 0 Å². The maximum absolute atomic E-state index is 13.0. The normalized spacial score (nSPS) is 14.2. The van der Waals surface area contributed by atoms with Gasteiger partial charge in [-0.05, 0) is 56.2 Å². The first kappa shape index (κ1) is 24.4. The predicted octanol–water partition coefficient (Wildman–Crippen LogP) is 3.81. The highest BCUT2D eigenvalue weighted by molar-refractivity contribution is 5.94. The number of hydrogen-bond acceptors (Lipinski definition) is 6. The van der Waals surface area contributed by atoms with Crippen LogP contribution in [0.2, 0.25) is 0 Å². The summed E-state index contributed by atoms with van der Waals surface area (Å²) in [4.78, 5) is 28.1. The van der Waals surface area contributed by atoms with Gasteiger partial charge in [0.1, 0.15) is 17.1 Å². The van der Waals surface area contributed by atoms with E-state index in [0.29, 0.717) is 43.2 Å². The molecule has 0 aliphatic carbocycles. The molecule has 1 fully saturated rings. The van der Waals surface area contributed by atoms with E-state index in [4.69, 9.17) is 4.74 Å². The SMILES string of the molecule is CCOc1ccc(CN2CCN(C(=O)c3ccc(Cn4nc(C)c([N+](=O)[O-])c4C)cc3)CC2)cc1. The van der Waals surface area contributed by atoms with Crippen molar-refractivity contribution in [3.63, 3.8) is 0 Å². The monoisotopic (exact) mass is 477 g/mol. The summed E-state index contributed by atoms with van der Waals surface area (Å²) in [7, 11) is 0. The average Bonchev–Trinajstić information content (AvgIpc) is 3.13. The van der Waals surface area contributed by atoms with Crippen molar-refractivity contribution in [2.75, 3.05) is 32.8 Å². The molecule has 0 bridgehead atoms. The van der Waals surface area contributed by atoms with Gasteiger partial charge in [0.15, 0.2) is 0 Å². The molecule has 1 aromatic heterocycles. The van der Waals surface area contributed by atoms with Gasteiger partial charge in [0.25, 0.3) is 5.91 Å². The zero-order chi connectivity index (χ0) is 24.9. The van der Waals surface area contributed by atoms with Crippen molar-refractivity contribution < 1.29 is 14.5 Å². The molecule has 0 radical (unpaired) electrons. The van der Waals surface area contributed by atoms with E-state index in [9.17, 15) is 14.9 Å². The summed E-state index contributed by atoms with van der Waals surface area (Å²) in [6, 6.07) is 15.6. The lowest BCUT2D eigenvalue weighted by atomic mass is 10.1. The van der Waals surface area contributed by atoms with Gasteiger partial charge in [-0.1, -0.05) is 24.3 Å². The summed E-state index contributed by atoms with van der Waals surface area (Å²) in [6.07, 6.45) is 0. The smallest absolute Gasteiger partial charge is 0.312 e. The van der Waals surface area contributed by atoms with Gasteiger partial charge in [-0.3, -0.25) is 24.5 Å². The second-order valence-electron chi connectivity index (χ2n) is 8.78. The Morgan fingerprint density at radius 2 is 1.57 bits per heavy atom. The molecule has 1 amide bonds. The minimum atomic E-state index is -0.395. The van der Waals surface area contributed by atoms with E-state index >= 15 is 0 Å². The molecule has 0 N–H and O–H groups in total. The lowest BCUT2D eigenvalue weighted by molar-refractivity contribution is -0.386. The Balaban J connectivity index is 1.31. The topological polar surface area (TPSA) is 93.7 Å². The summed E-state index contributed by atoms with van der Waals surface area (Å²) in [5.41, 5.74) is 3.79. The van der Waals surface area contributed by atoms with E-state index in [-0.39, 0.29) is 11.6 Å². The molecule has 3 aromatic rings. The maximum atomic E-state index is 13.0. The highest BCUT2D eigenvalue weighted by Crippen LogP contribution is 2.23. The lowest BCUT2D eigenvalue weighted by Crippen LogP contribution is -2.48. The number of carbonyl (C=O) groups is 1. The average molecular weight is 478 g/mol. The molecule has 35 heavy (non-hydrogen) atoms. The molecule has 4 rings (SSSR count). The van der Waals surface area contributed by atoms with E-state index in [0.717, 1.165) is 30.9 Å². The zero-order valence-corrected chi connectivity index (χ0v) is 20.4. The third kappa shape index (κ3) is 5.68. The lowest BCUT2D eigenvalue weighted by Gasteiger charge is -2.34. The molecule has 1 aliphatic heterocycles. The third-order valence-electron chi connectivity index (χ3n) is 6.36. The first-order chi connectivity index (χ1) is 16.9. The molecule has 0 atom stereocenters. The number of hydrogen-bond donors (Lipinski definition) is 0. The summed E-state index contributed by atoms with van der Waals surface area (Å²) < 4.78 is 7.14. The number of aromatic nitrogens is 2. The molecule has 1 saturated heterocycles. The van der Waals surface area contributed by atoms with E-state index in [2.05, 4.69) is 22.1 Å². The van der Waals surface area contributed by atoms with Gasteiger partial charge < -0.3 is 9.64 Å². The highest BCUT2D eigenvalue weighted by atomic mass is 16.6. The quantitative estimate of drug-likeness (QED) is 0.362. The number of nitrogens with zero attached hydrogens (tertiary/aromatic N) is 5. The summed E-state index contributed by atoms with van der Waals surface area (Å²) in [6.45, 7) is 10.3. The van der Waals surface area contributed by atoms with E-state index < -0.39 is 4.92 Å². The van der Waals surface area contributed by atoms with Crippen LogP contribution in [-0.4, -0.2) is 63.2 Å². The van der Waals surface area contributed by atoms with Crippen molar-refractivity contribution in [1.82, 2.24) is 19.6 Å². The van der Waals surface area contributed by atoms with Crippen LogP contribution in [0.4, 0.5) is 5.69 Å². The van der Waals surface area contributed by atoms with Gasteiger partial charge >= 0.3 is 5.69 Å². The van der Waals surface area contributed by atoms with Gasteiger partial charge in [0.05, 0.1) is 18.1 Å². The molecule has 2 aromatic carbocycles. The number of aryl methyl sites for hydroxylation is 1. The van der Waals surface area contributed by atoms with Crippen LogP contribution in [0.1, 0.15) is 39.8 Å². The Hall–Kier alpha value is -3.72. The summed E-state index contributed by atoms with van der Waals surface area (Å²) >= 11 is 0. The molecule has 9 heteroatoms. The zero-order valence-electron chi connectivity index (χ0n) is 20.4. The van der Waals surface area contributed by atoms with Crippen LogP contribution in [0.15, 0.2) is 48.5 Å². The fourth-order valence-corrected chi connectivity index (χ4v) is 4.44. The van der Waals surface area contributed by atoms with E-state index in [1.807, 2.05) is 48.2 Å². The Morgan fingerprint density at radius 1 is 0.971 bits per heavy atom. The number of nitro groups is 1. The van der Waals surface area contributed by atoms with Gasteiger partial charge in [0, 0.05) is 38.3 Å². The summed E-state index contributed by atoms with van der Waals surface area (Å²) in [5, 5.41) is 15.5. The van der Waals surface area contributed by atoms with Crippen LogP contribution in [0, 0.1) is 24.0 Å². The number of ether oxygens (including phenoxy) is 1. The van der Waals surface area contributed by atoms with Crippen LogP contribution in [0.3, 0.4) is 0 Å². The standard InChI is InChI=1S/C26H31N5O4/c1-4-35-24-11-7-21(8-12-24)17-28-13-15-29(16-14-28)26(32)23-9-5-22(6-10-23)18-30-20(3)25(31(33)34)19(2)27-30/h5-12H,4,13-18H2,1-3H3. The van der Waals surface area contributed by atoms with Crippen LogP contribution in [0.25, 0.3) is 0 Å². The number of piperazine rings is 1. The van der Waals surface area contributed by atoms with Gasteiger partial charge in [-0.25, -0.2) is 0 Å². The third-order valence-corrected chi connectivity index (χ3v) is 6.36. The Bertz CT molecular complexity index is 1180. The fraction of sp³-hybridized carbons (Fsp3) is 0.385. The molecule has 0 saturated carbocycles. The van der Waals surface area contributed by atoms with Crippen molar-refractivity contribution in [3.05, 3.63) is 86.7 Å². The number of rotatable bonds is 8. The van der Waals surface area contributed by atoms with Crippen LogP contribution in [-0.2, 0) is 13.1 Å². The Kier molecular flexibility index (Phi) is 7.45. The van der Waals surface area contributed by atoms with Crippen molar-refractivity contribution in [3.8, 4) is 5.75 Å². The highest BCUT2D eigenvalue weighted by Gasteiger charge is 2.23. The molecule has 1 aliphatic rings. The van der Waals surface area contributed by atoms with Crippen molar-refractivity contribution >= 4 is 11.6 Å². The van der Waals surface area contributed by atoms with E-state index in [1.54, 1.807) is 18.5 Å². The number of amides is 1. The molecular weight excluding hydrogens is 446 g/mol. The predicted molar refractivity (Wildman–Crippen MR) is 133 cm³/mol. The van der Waals surface area contributed by atoms with Gasteiger partial charge in [-0.2, -0.15) is 5.10 Å². The first-order valence-electron chi connectivity index (χ1n) is 11.9. The number of carbonyl (C=O) groups excluding carboxylic acids is 1. The molecule has 0 spiro atoms. The minimum absolute atomic E-state index is 0.0269. The molecule has 0 unspecified atom stereocenters. The first-order valence-corrected chi connectivity index (χ1v) is 11.9. The Labute approximate surface area is 205 Å². The molecular formula is C26H31N5O4. The molecule has 9 nitrogen and oxygen atoms in total. The van der Waals surface area contributed by atoms with Crippen LogP contribution in [0.5, 0.6) is 5.75 Å². The maximum Gasteiger partial charge on any atom is 0.312 e. The largest absolute Gasteiger partial charge is 0.494 e.